The van der Waals surface area contributed by atoms with E-state index in [-0.39, 0.29) is 12.1 Å². The van der Waals surface area contributed by atoms with E-state index in [1.165, 1.54) is 5.56 Å². The van der Waals surface area contributed by atoms with E-state index in [4.69, 9.17) is 0 Å². The monoisotopic (exact) mass is 342 g/mol. The van der Waals surface area contributed by atoms with Crippen molar-refractivity contribution >= 4 is 6.03 Å². The lowest BCUT2D eigenvalue weighted by Gasteiger charge is -2.28. The van der Waals surface area contributed by atoms with Gasteiger partial charge in [-0.2, -0.15) is 0 Å². The molecular formula is C19H26N4O2. The molecule has 6 nitrogen and oxygen atoms in total. The van der Waals surface area contributed by atoms with Gasteiger partial charge in [0.25, 0.3) is 0 Å². The zero-order valence-corrected chi connectivity index (χ0v) is 14.4. The maximum Gasteiger partial charge on any atom is 0.315 e. The van der Waals surface area contributed by atoms with Crippen LogP contribution in [0.2, 0.25) is 0 Å². The molecule has 0 spiro atoms. The van der Waals surface area contributed by atoms with Gasteiger partial charge in [0.15, 0.2) is 0 Å². The van der Waals surface area contributed by atoms with Crippen molar-refractivity contribution in [1.82, 2.24) is 20.2 Å². The van der Waals surface area contributed by atoms with Gasteiger partial charge in [-0.05, 0) is 18.4 Å². The van der Waals surface area contributed by atoms with Gasteiger partial charge in [-0.1, -0.05) is 43.2 Å². The van der Waals surface area contributed by atoms with Crippen LogP contribution < -0.4 is 10.6 Å². The molecule has 0 bridgehead atoms. The molecule has 1 aliphatic rings. The van der Waals surface area contributed by atoms with Crippen LogP contribution in [0.5, 0.6) is 0 Å². The minimum absolute atomic E-state index is 0.131. The van der Waals surface area contributed by atoms with Crippen molar-refractivity contribution in [2.24, 2.45) is 0 Å². The van der Waals surface area contributed by atoms with E-state index in [0.29, 0.717) is 13.0 Å². The lowest BCUT2D eigenvalue weighted by atomic mass is 9.93. The molecule has 134 valence electrons. The molecule has 2 aromatic rings. The van der Waals surface area contributed by atoms with Crippen LogP contribution in [-0.4, -0.2) is 39.4 Å². The molecule has 3 rings (SSSR count). The number of carbonyl (C=O) groups excluding carboxylic acids is 1. The number of carbonyl (C=O) groups is 1. The Balaban J connectivity index is 1.44. The van der Waals surface area contributed by atoms with Crippen molar-refractivity contribution in [1.29, 1.82) is 0 Å². The summed E-state index contributed by atoms with van der Waals surface area (Å²) in [5.74, 6) is 0.946. The zero-order chi connectivity index (χ0) is 17.5. The van der Waals surface area contributed by atoms with Crippen LogP contribution in [0.25, 0.3) is 0 Å². The number of nitrogens with zero attached hydrogens (tertiary/aromatic N) is 2. The maximum atomic E-state index is 12.0. The van der Waals surface area contributed by atoms with Crippen LogP contribution in [-0.2, 0) is 13.0 Å². The second-order valence-electron chi connectivity index (χ2n) is 6.57. The molecule has 2 unspecified atom stereocenters. The Kier molecular flexibility index (Phi) is 6.06. The number of rotatable bonds is 6. The molecule has 0 saturated heterocycles. The van der Waals surface area contributed by atoms with Crippen LogP contribution in [0.15, 0.2) is 42.7 Å². The highest BCUT2D eigenvalue weighted by molar-refractivity contribution is 5.74. The highest BCUT2D eigenvalue weighted by atomic mass is 16.3. The van der Waals surface area contributed by atoms with E-state index < -0.39 is 6.10 Å². The van der Waals surface area contributed by atoms with Crippen molar-refractivity contribution in [2.45, 2.75) is 50.8 Å². The Labute approximate surface area is 148 Å². The van der Waals surface area contributed by atoms with Gasteiger partial charge >= 0.3 is 6.03 Å². The fraction of sp³-hybridized carbons (Fsp3) is 0.474. The largest absolute Gasteiger partial charge is 0.391 e. The molecular weight excluding hydrogens is 316 g/mol. The first-order chi connectivity index (χ1) is 12.2. The highest BCUT2D eigenvalue weighted by Crippen LogP contribution is 2.18. The molecule has 3 N–H and O–H groups in total. The molecule has 1 aromatic heterocycles. The Bertz CT molecular complexity index is 671. The van der Waals surface area contributed by atoms with E-state index in [1.807, 2.05) is 24.4 Å². The molecule has 1 fully saturated rings. The topological polar surface area (TPSA) is 79.2 Å². The lowest BCUT2D eigenvalue weighted by molar-refractivity contribution is 0.0943. The average Bonchev–Trinajstić information content (AvgIpc) is 3.05. The van der Waals surface area contributed by atoms with Gasteiger partial charge in [0.1, 0.15) is 5.82 Å². The van der Waals surface area contributed by atoms with Crippen molar-refractivity contribution in [3.63, 3.8) is 0 Å². The Morgan fingerprint density at radius 1 is 1.24 bits per heavy atom. The minimum Gasteiger partial charge on any atom is -0.391 e. The molecule has 6 heteroatoms. The fourth-order valence-electron chi connectivity index (χ4n) is 3.28. The average molecular weight is 342 g/mol. The summed E-state index contributed by atoms with van der Waals surface area (Å²) in [5.41, 5.74) is 1.22. The second kappa shape index (κ2) is 8.67. The van der Waals surface area contributed by atoms with Gasteiger partial charge in [-0.3, -0.25) is 0 Å². The summed E-state index contributed by atoms with van der Waals surface area (Å²) >= 11 is 0. The molecule has 2 atom stereocenters. The smallest absolute Gasteiger partial charge is 0.315 e. The van der Waals surface area contributed by atoms with E-state index in [9.17, 15) is 9.90 Å². The summed E-state index contributed by atoms with van der Waals surface area (Å²) in [6, 6.07) is 9.88. The normalized spacial score (nSPS) is 20.2. The van der Waals surface area contributed by atoms with Crippen molar-refractivity contribution in [3.8, 4) is 0 Å². The molecule has 0 aliphatic heterocycles. The van der Waals surface area contributed by atoms with Crippen LogP contribution in [0.1, 0.15) is 37.1 Å². The summed E-state index contributed by atoms with van der Waals surface area (Å²) in [4.78, 5) is 16.4. The Hall–Kier alpha value is -2.34. The third kappa shape index (κ3) is 5.06. The van der Waals surface area contributed by atoms with Crippen LogP contribution in [0.3, 0.4) is 0 Å². The van der Waals surface area contributed by atoms with Gasteiger partial charge in [0.05, 0.1) is 12.1 Å². The van der Waals surface area contributed by atoms with Crippen molar-refractivity contribution in [2.75, 3.05) is 6.54 Å². The third-order valence-electron chi connectivity index (χ3n) is 4.68. The van der Waals surface area contributed by atoms with Gasteiger partial charge in [0.2, 0.25) is 0 Å². The number of hydrogen-bond acceptors (Lipinski definition) is 3. The summed E-state index contributed by atoms with van der Waals surface area (Å²) in [6.07, 6.45) is 7.68. The van der Waals surface area contributed by atoms with Crippen molar-refractivity contribution < 1.29 is 9.90 Å². The van der Waals surface area contributed by atoms with Crippen LogP contribution in [0, 0.1) is 0 Å². The molecule has 0 radical (unpaired) electrons. The van der Waals surface area contributed by atoms with E-state index in [0.717, 1.165) is 38.1 Å². The Morgan fingerprint density at radius 2 is 2.04 bits per heavy atom. The quantitative estimate of drug-likeness (QED) is 0.752. The molecule has 1 aliphatic carbocycles. The predicted octanol–water partition coefficient (Wildman–Crippen LogP) is 2.08. The number of urea groups is 1. The number of imidazole rings is 1. The number of aromatic nitrogens is 2. The van der Waals surface area contributed by atoms with Gasteiger partial charge in [-0.15, -0.1) is 0 Å². The van der Waals surface area contributed by atoms with Gasteiger partial charge in [-0.25, -0.2) is 9.78 Å². The standard InChI is InChI=1S/C19H26N4O2/c24-17-9-5-4-8-16(17)22-19(25)21-11-10-18-20-12-13-23(18)14-15-6-2-1-3-7-15/h1-3,6-7,12-13,16-17,24H,4-5,8-11,14H2,(H2,21,22,25). The SMILES string of the molecule is O=C(NCCc1nccn1Cc1ccccc1)NC1CCCCC1O. The highest BCUT2D eigenvalue weighted by Gasteiger charge is 2.24. The Morgan fingerprint density at radius 3 is 2.84 bits per heavy atom. The molecule has 2 amide bonds. The van der Waals surface area contributed by atoms with Crippen LogP contribution >= 0.6 is 0 Å². The van der Waals surface area contributed by atoms with Gasteiger partial charge < -0.3 is 20.3 Å². The maximum absolute atomic E-state index is 12.0. The number of hydrogen-bond donors (Lipinski definition) is 3. The van der Waals surface area contributed by atoms with E-state index in [1.54, 1.807) is 6.20 Å². The van der Waals surface area contributed by atoms with E-state index >= 15 is 0 Å². The lowest BCUT2D eigenvalue weighted by Crippen LogP contribution is -2.49. The summed E-state index contributed by atoms with van der Waals surface area (Å²) in [6.45, 7) is 1.29. The number of amides is 2. The summed E-state index contributed by atoms with van der Waals surface area (Å²) in [5, 5.41) is 15.7. The first-order valence-corrected chi connectivity index (χ1v) is 8.99. The second-order valence-corrected chi connectivity index (χ2v) is 6.57. The first kappa shape index (κ1) is 17.5. The number of aliphatic hydroxyl groups is 1. The summed E-state index contributed by atoms with van der Waals surface area (Å²) < 4.78 is 2.10. The fourth-order valence-corrected chi connectivity index (χ4v) is 3.28. The third-order valence-corrected chi connectivity index (χ3v) is 4.68. The molecule has 1 saturated carbocycles. The predicted molar refractivity (Wildman–Crippen MR) is 96.3 cm³/mol. The summed E-state index contributed by atoms with van der Waals surface area (Å²) in [7, 11) is 0. The molecule has 25 heavy (non-hydrogen) atoms. The number of benzene rings is 1. The number of aliphatic hydroxyl groups excluding tert-OH is 1. The zero-order valence-electron chi connectivity index (χ0n) is 14.4. The number of nitrogens with one attached hydrogen (secondary N) is 2. The molecule has 1 aromatic carbocycles. The minimum atomic E-state index is -0.427. The molecule has 1 heterocycles. The first-order valence-electron chi connectivity index (χ1n) is 8.99. The van der Waals surface area contributed by atoms with Crippen LogP contribution in [0.4, 0.5) is 4.79 Å². The van der Waals surface area contributed by atoms with E-state index in [2.05, 4.69) is 32.3 Å². The van der Waals surface area contributed by atoms with Crippen molar-refractivity contribution in [3.05, 3.63) is 54.1 Å². The van der Waals surface area contributed by atoms with Gasteiger partial charge in [0, 0.05) is 31.9 Å².